The minimum absolute atomic E-state index is 0.00475. The third-order valence-electron chi connectivity index (χ3n) is 6.14. The standard InChI is InChI=1S/C20H24O/c1-14(18-5-3-2-4-6-18)7-19(21)20-11-15-8-16(12-20)10-17(9-15)13-20/h2-7,15-17H,8-13H2,1H3/b14-7+. The van der Waals surface area contributed by atoms with Crippen LogP contribution in [0.15, 0.2) is 36.4 Å². The fourth-order valence-electron chi connectivity index (χ4n) is 5.55. The first-order chi connectivity index (χ1) is 10.1. The Morgan fingerprint density at radius 1 is 1.00 bits per heavy atom. The van der Waals surface area contributed by atoms with E-state index in [1.807, 2.05) is 24.3 Å². The lowest BCUT2D eigenvalue weighted by atomic mass is 9.48. The Bertz CT molecular complexity index is 546. The number of hydrogen-bond acceptors (Lipinski definition) is 1. The SMILES string of the molecule is C/C(=C\C(=O)C12CC3CC(CC(C3)C1)C2)c1ccccc1. The molecule has 0 N–H and O–H groups in total. The summed E-state index contributed by atoms with van der Waals surface area (Å²) in [6.45, 7) is 2.08. The van der Waals surface area contributed by atoms with Crippen molar-refractivity contribution in [3.63, 3.8) is 0 Å². The quantitative estimate of drug-likeness (QED) is 0.721. The molecule has 0 unspecified atom stereocenters. The second kappa shape index (κ2) is 4.83. The number of rotatable bonds is 3. The molecule has 4 aliphatic carbocycles. The average molecular weight is 280 g/mol. The van der Waals surface area contributed by atoms with Crippen LogP contribution in [0.5, 0.6) is 0 Å². The molecule has 1 heteroatoms. The van der Waals surface area contributed by atoms with Gasteiger partial charge in [-0.05, 0) is 80.4 Å². The van der Waals surface area contributed by atoms with Crippen LogP contribution in [0.3, 0.4) is 0 Å². The molecule has 1 aromatic carbocycles. The van der Waals surface area contributed by atoms with E-state index < -0.39 is 0 Å². The second-order valence-electron chi connectivity index (χ2n) is 7.76. The predicted octanol–water partition coefficient (Wildman–Crippen LogP) is 4.88. The van der Waals surface area contributed by atoms with E-state index in [4.69, 9.17) is 0 Å². The first kappa shape index (κ1) is 13.3. The van der Waals surface area contributed by atoms with Crippen LogP contribution in [0.25, 0.3) is 5.57 Å². The topological polar surface area (TPSA) is 17.1 Å². The Morgan fingerprint density at radius 2 is 1.52 bits per heavy atom. The van der Waals surface area contributed by atoms with Crippen LogP contribution >= 0.6 is 0 Å². The van der Waals surface area contributed by atoms with Crippen molar-refractivity contribution < 1.29 is 4.79 Å². The molecule has 1 nitrogen and oxygen atoms in total. The molecule has 0 heterocycles. The zero-order valence-corrected chi connectivity index (χ0v) is 12.8. The van der Waals surface area contributed by atoms with Crippen LogP contribution in [0.2, 0.25) is 0 Å². The van der Waals surface area contributed by atoms with Gasteiger partial charge < -0.3 is 0 Å². The van der Waals surface area contributed by atoms with Gasteiger partial charge in [0.25, 0.3) is 0 Å². The van der Waals surface area contributed by atoms with Crippen molar-refractivity contribution in [3.8, 4) is 0 Å². The lowest BCUT2D eigenvalue weighted by molar-refractivity contribution is -0.138. The molecule has 0 spiro atoms. The Morgan fingerprint density at radius 3 is 2.05 bits per heavy atom. The summed E-state index contributed by atoms with van der Waals surface area (Å²) in [5.41, 5.74) is 2.30. The molecule has 110 valence electrons. The zero-order valence-electron chi connectivity index (χ0n) is 12.8. The van der Waals surface area contributed by atoms with Gasteiger partial charge in [0, 0.05) is 5.41 Å². The number of ketones is 1. The van der Waals surface area contributed by atoms with Gasteiger partial charge in [-0.1, -0.05) is 30.3 Å². The van der Waals surface area contributed by atoms with E-state index >= 15 is 0 Å². The van der Waals surface area contributed by atoms with E-state index in [0.717, 1.165) is 42.6 Å². The summed E-state index contributed by atoms with van der Waals surface area (Å²) in [6.07, 6.45) is 9.63. The lowest BCUT2D eigenvalue weighted by Crippen LogP contribution is -2.49. The Hall–Kier alpha value is -1.37. The molecule has 0 atom stereocenters. The van der Waals surface area contributed by atoms with Gasteiger partial charge in [0.1, 0.15) is 0 Å². The van der Waals surface area contributed by atoms with Crippen molar-refractivity contribution in [2.24, 2.45) is 23.2 Å². The van der Waals surface area contributed by atoms with Crippen LogP contribution < -0.4 is 0 Å². The van der Waals surface area contributed by atoms with Gasteiger partial charge in [-0.15, -0.1) is 0 Å². The van der Waals surface area contributed by atoms with Crippen LogP contribution in [0, 0.1) is 23.2 Å². The van der Waals surface area contributed by atoms with Crippen LogP contribution in [-0.2, 0) is 4.79 Å². The summed E-state index contributed by atoms with van der Waals surface area (Å²) >= 11 is 0. The Kier molecular flexibility index (Phi) is 3.06. The summed E-state index contributed by atoms with van der Waals surface area (Å²) in [6, 6.07) is 10.3. The molecule has 1 aromatic rings. The highest BCUT2D eigenvalue weighted by molar-refractivity contribution is 6.00. The first-order valence-corrected chi connectivity index (χ1v) is 8.43. The van der Waals surface area contributed by atoms with Crippen molar-refractivity contribution in [1.29, 1.82) is 0 Å². The Labute approximate surface area is 127 Å². The lowest BCUT2D eigenvalue weighted by Gasteiger charge is -2.55. The molecular weight excluding hydrogens is 256 g/mol. The molecule has 0 aromatic heterocycles. The predicted molar refractivity (Wildman–Crippen MR) is 85.7 cm³/mol. The van der Waals surface area contributed by atoms with Crippen LogP contribution in [0.1, 0.15) is 51.0 Å². The minimum Gasteiger partial charge on any atom is -0.294 e. The third kappa shape index (κ3) is 2.27. The fourth-order valence-corrected chi connectivity index (χ4v) is 5.55. The van der Waals surface area contributed by atoms with Gasteiger partial charge in [-0.2, -0.15) is 0 Å². The number of carbonyl (C=O) groups is 1. The number of allylic oxidation sites excluding steroid dienone is 2. The maximum Gasteiger partial charge on any atom is 0.162 e. The summed E-state index contributed by atoms with van der Waals surface area (Å²) in [5.74, 6) is 2.94. The summed E-state index contributed by atoms with van der Waals surface area (Å²) in [4.78, 5) is 13.0. The van der Waals surface area contributed by atoms with Crippen molar-refractivity contribution >= 4 is 11.4 Å². The van der Waals surface area contributed by atoms with Crippen molar-refractivity contribution in [2.75, 3.05) is 0 Å². The van der Waals surface area contributed by atoms with Gasteiger partial charge in [-0.25, -0.2) is 0 Å². The van der Waals surface area contributed by atoms with Gasteiger partial charge in [-0.3, -0.25) is 4.79 Å². The summed E-state index contributed by atoms with van der Waals surface area (Å²) in [7, 11) is 0. The van der Waals surface area contributed by atoms with Crippen molar-refractivity contribution in [3.05, 3.63) is 42.0 Å². The summed E-state index contributed by atoms with van der Waals surface area (Å²) in [5, 5.41) is 0. The highest BCUT2D eigenvalue weighted by Crippen LogP contribution is 2.60. The smallest absolute Gasteiger partial charge is 0.162 e. The first-order valence-electron chi connectivity index (χ1n) is 8.43. The van der Waals surface area contributed by atoms with E-state index in [1.54, 1.807) is 0 Å². The highest BCUT2D eigenvalue weighted by Gasteiger charge is 2.53. The molecule has 21 heavy (non-hydrogen) atoms. The van der Waals surface area contributed by atoms with E-state index in [-0.39, 0.29) is 5.41 Å². The maximum absolute atomic E-state index is 13.0. The van der Waals surface area contributed by atoms with E-state index in [9.17, 15) is 4.79 Å². The van der Waals surface area contributed by atoms with Crippen molar-refractivity contribution in [2.45, 2.75) is 45.4 Å². The highest BCUT2D eigenvalue weighted by atomic mass is 16.1. The molecule has 0 amide bonds. The second-order valence-corrected chi connectivity index (χ2v) is 7.76. The zero-order chi connectivity index (χ0) is 14.4. The molecule has 4 bridgehead atoms. The summed E-state index contributed by atoms with van der Waals surface area (Å²) < 4.78 is 0. The van der Waals surface area contributed by atoms with Gasteiger partial charge in [0.05, 0.1) is 0 Å². The van der Waals surface area contributed by atoms with Gasteiger partial charge >= 0.3 is 0 Å². The molecule has 0 aliphatic heterocycles. The largest absolute Gasteiger partial charge is 0.294 e. The number of carbonyl (C=O) groups excluding carboxylic acids is 1. The molecule has 4 aliphatic rings. The average Bonchev–Trinajstić information content (AvgIpc) is 2.46. The molecule has 0 radical (unpaired) electrons. The molecule has 5 rings (SSSR count). The Balaban J connectivity index is 1.60. The normalized spacial score (nSPS) is 37.8. The number of hydrogen-bond donors (Lipinski definition) is 0. The number of benzene rings is 1. The fraction of sp³-hybridized carbons (Fsp3) is 0.550. The van der Waals surface area contributed by atoms with Gasteiger partial charge in [0.2, 0.25) is 0 Å². The molecule has 0 saturated heterocycles. The third-order valence-corrected chi connectivity index (χ3v) is 6.14. The van der Waals surface area contributed by atoms with E-state index in [1.165, 1.54) is 24.8 Å². The van der Waals surface area contributed by atoms with E-state index in [0.29, 0.717) is 5.78 Å². The van der Waals surface area contributed by atoms with E-state index in [2.05, 4.69) is 19.1 Å². The molecule has 4 saturated carbocycles. The van der Waals surface area contributed by atoms with Gasteiger partial charge in [0.15, 0.2) is 5.78 Å². The molecular formula is C20H24O. The van der Waals surface area contributed by atoms with Crippen LogP contribution in [-0.4, -0.2) is 5.78 Å². The monoisotopic (exact) mass is 280 g/mol. The van der Waals surface area contributed by atoms with Crippen molar-refractivity contribution in [1.82, 2.24) is 0 Å². The minimum atomic E-state index is 0.00475. The molecule has 4 fully saturated rings. The maximum atomic E-state index is 13.0. The van der Waals surface area contributed by atoms with Crippen LogP contribution in [0.4, 0.5) is 0 Å².